The Morgan fingerprint density at radius 1 is 1.41 bits per heavy atom. The van der Waals surface area contributed by atoms with Crippen LogP contribution in [0.15, 0.2) is 24.3 Å². The molecule has 0 aromatic heterocycles. The molecule has 0 unspecified atom stereocenters. The minimum atomic E-state index is -1.45. The zero-order valence-electron chi connectivity index (χ0n) is 12.9. The van der Waals surface area contributed by atoms with Crippen LogP contribution in [0.5, 0.6) is 0 Å². The minimum absolute atomic E-state index is 0.158. The molecule has 6 heteroatoms. The van der Waals surface area contributed by atoms with Gasteiger partial charge in [0.1, 0.15) is 5.60 Å². The molecule has 0 aliphatic heterocycles. The van der Waals surface area contributed by atoms with E-state index in [0.29, 0.717) is 11.1 Å². The molecular weight excluding hydrogens is 284 g/mol. The molecule has 0 fully saturated rings. The van der Waals surface area contributed by atoms with E-state index in [0.717, 1.165) is 0 Å². The topological polar surface area (TPSA) is 113 Å². The molecule has 0 aliphatic rings. The molecule has 0 saturated carbocycles. The number of esters is 1. The summed E-state index contributed by atoms with van der Waals surface area (Å²) in [6, 6.07) is 7.73. The van der Waals surface area contributed by atoms with Gasteiger partial charge in [-0.25, -0.2) is 0 Å². The van der Waals surface area contributed by atoms with Gasteiger partial charge >= 0.3 is 11.9 Å². The van der Waals surface area contributed by atoms with Crippen molar-refractivity contribution >= 4 is 11.9 Å². The summed E-state index contributed by atoms with van der Waals surface area (Å²) < 4.78 is 5.11. The van der Waals surface area contributed by atoms with Crippen molar-refractivity contribution in [2.45, 2.75) is 38.8 Å². The maximum Gasteiger partial charge on any atom is 0.322 e. The van der Waals surface area contributed by atoms with Crippen LogP contribution in [0.4, 0.5) is 0 Å². The predicted octanol–water partition coefficient (Wildman–Crippen LogP) is 1.47. The Balaban J connectivity index is 2.90. The Kier molecular flexibility index (Phi) is 5.66. The van der Waals surface area contributed by atoms with E-state index < -0.39 is 29.5 Å². The standard InChI is InChI=1S/C16H20N2O4/c1-16(2,3)22-15(21)13(14(19)20)12(18)8-10-5-4-6-11(7-10)9-17/h4-7,12-13H,8,18H2,1-3H3,(H,19,20)/t12-,13-/m1/s1. The molecule has 0 aliphatic carbocycles. The molecule has 2 atom stereocenters. The van der Waals surface area contributed by atoms with Crippen LogP contribution in [0.2, 0.25) is 0 Å². The average molecular weight is 304 g/mol. The summed E-state index contributed by atoms with van der Waals surface area (Å²) in [6.07, 6.45) is 0.158. The molecule has 1 aromatic carbocycles. The second kappa shape index (κ2) is 7.05. The third kappa shape index (κ3) is 5.19. The lowest BCUT2D eigenvalue weighted by atomic mass is 9.93. The fourth-order valence-corrected chi connectivity index (χ4v) is 1.98. The summed E-state index contributed by atoms with van der Waals surface area (Å²) >= 11 is 0. The van der Waals surface area contributed by atoms with Crippen molar-refractivity contribution in [1.82, 2.24) is 0 Å². The monoisotopic (exact) mass is 304 g/mol. The SMILES string of the molecule is CC(C)(C)OC(=O)[C@@H](C(=O)O)[C@H](N)Cc1cccc(C#N)c1. The molecule has 0 amide bonds. The zero-order valence-corrected chi connectivity index (χ0v) is 12.9. The number of carboxylic acid groups (broad SMARTS) is 1. The van der Waals surface area contributed by atoms with Gasteiger partial charge in [-0.2, -0.15) is 5.26 Å². The predicted molar refractivity (Wildman–Crippen MR) is 79.8 cm³/mol. The van der Waals surface area contributed by atoms with Crippen molar-refractivity contribution < 1.29 is 19.4 Å². The quantitative estimate of drug-likeness (QED) is 0.629. The van der Waals surface area contributed by atoms with Crippen LogP contribution in [0.25, 0.3) is 0 Å². The van der Waals surface area contributed by atoms with Gasteiger partial charge < -0.3 is 15.6 Å². The van der Waals surface area contributed by atoms with Crippen LogP contribution < -0.4 is 5.73 Å². The van der Waals surface area contributed by atoms with Crippen molar-refractivity contribution in [2.75, 3.05) is 0 Å². The number of rotatable bonds is 5. The molecule has 0 spiro atoms. The maximum absolute atomic E-state index is 12.0. The highest BCUT2D eigenvalue weighted by Gasteiger charge is 2.36. The van der Waals surface area contributed by atoms with E-state index >= 15 is 0 Å². The maximum atomic E-state index is 12.0. The number of carbonyl (C=O) groups excluding carboxylic acids is 1. The molecule has 3 N–H and O–H groups in total. The number of ether oxygens (including phenoxy) is 1. The van der Waals surface area contributed by atoms with E-state index in [-0.39, 0.29) is 6.42 Å². The highest BCUT2D eigenvalue weighted by Crippen LogP contribution is 2.17. The smallest absolute Gasteiger partial charge is 0.322 e. The third-order valence-electron chi connectivity index (χ3n) is 2.88. The summed E-state index contributed by atoms with van der Waals surface area (Å²) in [7, 11) is 0. The molecular formula is C16H20N2O4. The van der Waals surface area contributed by atoms with Gasteiger partial charge in [0.15, 0.2) is 5.92 Å². The number of carboxylic acids is 1. The van der Waals surface area contributed by atoms with Gasteiger partial charge in [0, 0.05) is 6.04 Å². The minimum Gasteiger partial charge on any atom is -0.481 e. The summed E-state index contributed by atoms with van der Waals surface area (Å²) in [5.74, 6) is -3.63. The first-order valence-corrected chi connectivity index (χ1v) is 6.84. The highest BCUT2D eigenvalue weighted by molar-refractivity contribution is 5.95. The number of benzene rings is 1. The molecule has 22 heavy (non-hydrogen) atoms. The average Bonchev–Trinajstić information content (AvgIpc) is 2.36. The van der Waals surface area contributed by atoms with E-state index in [1.807, 2.05) is 6.07 Å². The lowest BCUT2D eigenvalue weighted by Crippen LogP contribution is -2.45. The summed E-state index contributed by atoms with van der Waals surface area (Å²) in [4.78, 5) is 23.4. The second-order valence-corrected chi connectivity index (χ2v) is 6.03. The van der Waals surface area contributed by atoms with Gasteiger partial charge in [0.25, 0.3) is 0 Å². The fourth-order valence-electron chi connectivity index (χ4n) is 1.98. The third-order valence-corrected chi connectivity index (χ3v) is 2.88. The molecule has 118 valence electrons. The van der Waals surface area contributed by atoms with E-state index in [4.69, 9.17) is 15.7 Å². The normalized spacial score (nSPS) is 13.8. The number of hydrogen-bond donors (Lipinski definition) is 2. The number of aliphatic carboxylic acids is 1. The molecule has 0 radical (unpaired) electrons. The van der Waals surface area contributed by atoms with Crippen molar-refractivity contribution in [2.24, 2.45) is 11.7 Å². The Morgan fingerprint density at radius 2 is 2.05 bits per heavy atom. The number of nitrogens with zero attached hydrogens (tertiary/aromatic N) is 1. The van der Waals surface area contributed by atoms with Crippen LogP contribution >= 0.6 is 0 Å². The first kappa shape index (κ1) is 17.7. The molecule has 0 bridgehead atoms. The van der Waals surface area contributed by atoms with Gasteiger partial charge in [-0.3, -0.25) is 9.59 Å². The summed E-state index contributed by atoms with van der Waals surface area (Å²) in [6.45, 7) is 4.98. The van der Waals surface area contributed by atoms with Crippen LogP contribution in [0.1, 0.15) is 31.9 Å². The van der Waals surface area contributed by atoms with E-state index in [1.54, 1.807) is 45.0 Å². The van der Waals surface area contributed by atoms with Gasteiger partial charge in [0.05, 0.1) is 11.6 Å². The summed E-state index contributed by atoms with van der Waals surface area (Å²) in [5.41, 5.74) is 6.26. The van der Waals surface area contributed by atoms with Crippen LogP contribution in [-0.4, -0.2) is 28.7 Å². The fraction of sp³-hybridized carbons (Fsp3) is 0.438. The highest BCUT2D eigenvalue weighted by atomic mass is 16.6. The first-order chi connectivity index (χ1) is 10.1. The van der Waals surface area contributed by atoms with Crippen LogP contribution in [0.3, 0.4) is 0 Å². The van der Waals surface area contributed by atoms with Crippen LogP contribution in [-0.2, 0) is 20.7 Å². The molecule has 0 heterocycles. The molecule has 1 aromatic rings. The van der Waals surface area contributed by atoms with Gasteiger partial charge in [-0.05, 0) is 44.9 Å². The lowest BCUT2D eigenvalue weighted by Gasteiger charge is -2.25. The number of hydrogen-bond acceptors (Lipinski definition) is 5. The lowest BCUT2D eigenvalue weighted by molar-refractivity contribution is -0.167. The van der Waals surface area contributed by atoms with Crippen LogP contribution in [0, 0.1) is 17.2 Å². The number of nitriles is 1. The summed E-state index contributed by atoms with van der Waals surface area (Å²) in [5, 5.41) is 18.1. The van der Waals surface area contributed by atoms with Gasteiger partial charge in [0.2, 0.25) is 0 Å². The molecule has 0 saturated heterocycles. The van der Waals surface area contributed by atoms with Crippen molar-refractivity contribution in [1.29, 1.82) is 5.26 Å². The Hall–Kier alpha value is -2.39. The Bertz CT molecular complexity index is 599. The van der Waals surface area contributed by atoms with Crippen molar-refractivity contribution in [3.05, 3.63) is 35.4 Å². The van der Waals surface area contributed by atoms with E-state index in [1.165, 1.54) is 0 Å². The van der Waals surface area contributed by atoms with E-state index in [2.05, 4.69) is 0 Å². The Morgan fingerprint density at radius 3 is 2.55 bits per heavy atom. The zero-order chi connectivity index (χ0) is 16.9. The molecule has 1 rings (SSSR count). The second-order valence-electron chi connectivity index (χ2n) is 6.03. The van der Waals surface area contributed by atoms with Crippen molar-refractivity contribution in [3.63, 3.8) is 0 Å². The number of nitrogens with two attached hydrogens (primary N) is 1. The van der Waals surface area contributed by atoms with Crippen molar-refractivity contribution in [3.8, 4) is 6.07 Å². The number of carbonyl (C=O) groups is 2. The first-order valence-electron chi connectivity index (χ1n) is 6.84. The van der Waals surface area contributed by atoms with Gasteiger partial charge in [-0.1, -0.05) is 12.1 Å². The Labute approximate surface area is 129 Å². The van der Waals surface area contributed by atoms with Gasteiger partial charge in [-0.15, -0.1) is 0 Å². The van der Waals surface area contributed by atoms with E-state index in [9.17, 15) is 14.7 Å². The molecule has 6 nitrogen and oxygen atoms in total. The largest absolute Gasteiger partial charge is 0.481 e.